The Hall–Kier alpha value is -1.55. The van der Waals surface area contributed by atoms with Crippen molar-refractivity contribution in [3.8, 4) is 5.75 Å². The highest BCUT2D eigenvalue weighted by atomic mass is 16.5. The van der Waals surface area contributed by atoms with Gasteiger partial charge in [0.05, 0.1) is 0 Å². The van der Waals surface area contributed by atoms with Crippen molar-refractivity contribution in [2.75, 3.05) is 13.6 Å². The van der Waals surface area contributed by atoms with Gasteiger partial charge in [-0.05, 0) is 51.4 Å². The number of furan rings is 2. The molecule has 25 heavy (non-hydrogen) atoms. The fraction of sp³-hybridized carbons (Fsp3) is 0.667. The number of piperidine rings is 1. The Morgan fingerprint density at radius 3 is 2.64 bits per heavy atom. The second kappa shape index (κ2) is 10.4. The van der Waals surface area contributed by atoms with E-state index in [4.69, 9.17) is 9.15 Å². The second-order valence-electron chi connectivity index (χ2n) is 7.03. The molecule has 1 aliphatic rings. The largest absolute Gasteiger partial charge is 0.453 e. The van der Waals surface area contributed by atoms with Gasteiger partial charge < -0.3 is 14.1 Å². The third kappa shape index (κ3) is 6.35. The number of unbranched alkanes of at least 4 members (excludes halogenated alkanes) is 3. The van der Waals surface area contributed by atoms with Crippen molar-refractivity contribution < 1.29 is 13.9 Å². The van der Waals surface area contributed by atoms with Crippen LogP contribution in [0.25, 0.3) is 11.2 Å². The number of likely N-dealkylation sites (tertiary alicyclic amines) is 1. The SMILES string of the molecule is CCC1CCCCN1C.CCCCCCC(=O)Oc1cc2ccc1o2. The molecule has 0 aromatic carbocycles. The summed E-state index contributed by atoms with van der Waals surface area (Å²) < 4.78 is 10.5. The molecule has 2 bridgehead atoms. The zero-order valence-electron chi connectivity index (χ0n) is 16.1. The zero-order chi connectivity index (χ0) is 18.1. The Morgan fingerprint density at radius 2 is 2.08 bits per heavy atom. The molecule has 0 amide bonds. The van der Waals surface area contributed by atoms with E-state index in [2.05, 4.69) is 25.8 Å². The summed E-state index contributed by atoms with van der Waals surface area (Å²) in [5.41, 5.74) is 1.40. The van der Waals surface area contributed by atoms with E-state index >= 15 is 0 Å². The van der Waals surface area contributed by atoms with E-state index in [0.29, 0.717) is 17.8 Å². The van der Waals surface area contributed by atoms with Crippen LogP contribution in [0.5, 0.6) is 5.75 Å². The molecule has 4 heteroatoms. The molecule has 0 saturated carbocycles. The van der Waals surface area contributed by atoms with Crippen molar-refractivity contribution in [3.05, 3.63) is 18.2 Å². The number of hydrogen-bond acceptors (Lipinski definition) is 4. The number of benzene rings is 1. The molecule has 3 heterocycles. The van der Waals surface area contributed by atoms with Crippen molar-refractivity contribution >= 4 is 17.1 Å². The van der Waals surface area contributed by atoms with Gasteiger partial charge in [0.25, 0.3) is 0 Å². The molecular weight excluding hydrogens is 314 g/mol. The summed E-state index contributed by atoms with van der Waals surface area (Å²) >= 11 is 0. The zero-order valence-corrected chi connectivity index (χ0v) is 16.1. The number of carbonyl (C=O) groups excluding carboxylic acids is 1. The Morgan fingerprint density at radius 1 is 1.24 bits per heavy atom. The van der Waals surface area contributed by atoms with Crippen LogP contribution in [0.3, 0.4) is 0 Å². The number of rotatable bonds is 7. The van der Waals surface area contributed by atoms with Gasteiger partial charge in [-0.2, -0.15) is 0 Å². The van der Waals surface area contributed by atoms with Gasteiger partial charge in [-0.25, -0.2) is 0 Å². The summed E-state index contributed by atoms with van der Waals surface area (Å²) in [7, 11) is 2.24. The normalized spacial score (nSPS) is 18.1. The standard InChI is InChI=1S/C13H16O3.C8H17N/c1-2-3-4-5-6-13(14)16-12-9-10-7-8-11(12)15-10;1-3-8-6-4-5-7-9(8)2/h7-9H,2-6H2,1H3;8H,3-7H2,1-2H3. The first-order valence-corrected chi connectivity index (χ1v) is 9.86. The van der Waals surface area contributed by atoms with Crippen molar-refractivity contribution in [2.45, 2.75) is 77.7 Å². The first-order chi connectivity index (χ1) is 12.1. The van der Waals surface area contributed by atoms with Crippen LogP contribution in [0.4, 0.5) is 0 Å². The van der Waals surface area contributed by atoms with Crippen molar-refractivity contribution in [1.29, 1.82) is 0 Å². The molecule has 2 aromatic heterocycles. The summed E-state index contributed by atoms with van der Waals surface area (Å²) in [6.45, 7) is 5.75. The molecule has 1 saturated heterocycles. The highest BCUT2D eigenvalue weighted by Crippen LogP contribution is 2.29. The Labute approximate surface area is 151 Å². The van der Waals surface area contributed by atoms with Crippen LogP contribution >= 0.6 is 0 Å². The predicted octanol–water partition coefficient (Wildman–Crippen LogP) is 5.63. The fourth-order valence-electron chi connectivity index (χ4n) is 3.37. The topological polar surface area (TPSA) is 42.7 Å². The molecule has 0 spiro atoms. The van der Waals surface area contributed by atoms with E-state index in [-0.39, 0.29) is 5.97 Å². The third-order valence-electron chi connectivity index (χ3n) is 4.99. The minimum Gasteiger partial charge on any atom is -0.453 e. The molecule has 0 radical (unpaired) electrons. The van der Waals surface area contributed by atoms with E-state index in [1.165, 1.54) is 45.1 Å². The average Bonchev–Trinajstić information content (AvgIpc) is 3.23. The molecule has 140 valence electrons. The summed E-state index contributed by atoms with van der Waals surface area (Å²) in [5, 5.41) is 0. The summed E-state index contributed by atoms with van der Waals surface area (Å²) in [4.78, 5) is 14.0. The molecule has 0 N–H and O–H groups in total. The monoisotopic (exact) mass is 347 g/mol. The lowest BCUT2D eigenvalue weighted by molar-refractivity contribution is -0.134. The summed E-state index contributed by atoms with van der Waals surface area (Å²) in [6.07, 6.45) is 10.5. The van der Waals surface area contributed by atoms with Crippen LogP contribution in [-0.4, -0.2) is 30.5 Å². The predicted molar refractivity (Wildman–Crippen MR) is 102 cm³/mol. The number of fused-ring (bicyclic) bond motifs is 2. The highest BCUT2D eigenvalue weighted by Gasteiger charge is 2.15. The van der Waals surface area contributed by atoms with E-state index in [1.54, 1.807) is 6.07 Å². The molecule has 2 aromatic rings. The smallest absolute Gasteiger partial charge is 0.311 e. The second-order valence-corrected chi connectivity index (χ2v) is 7.03. The number of esters is 1. The van der Waals surface area contributed by atoms with Crippen molar-refractivity contribution in [2.24, 2.45) is 0 Å². The Kier molecular flexibility index (Phi) is 8.26. The van der Waals surface area contributed by atoms with Crippen LogP contribution in [-0.2, 0) is 4.79 Å². The lowest BCUT2D eigenvalue weighted by Crippen LogP contribution is -2.35. The van der Waals surface area contributed by atoms with Crippen LogP contribution in [0.1, 0.15) is 71.6 Å². The quantitative estimate of drug-likeness (QED) is 0.370. The van der Waals surface area contributed by atoms with Gasteiger partial charge in [-0.15, -0.1) is 0 Å². The lowest BCUT2D eigenvalue weighted by Gasteiger charge is -2.31. The van der Waals surface area contributed by atoms with Gasteiger partial charge in [0.2, 0.25) is 0 Å². The molecule has 1 atom stereocenters. The van der Waals surface area contributed by atoms with Crippen LogP contribution in [0.2, 0.25) is 0 Å². The third-order valence-corrected chi connectivity index (χ3v) is 4.99. The van der Waals surface area contributed by atoms with E-state index < -0.39 is 0 Å². The molecule has 1 fully saturated rings. The number of ether oxygens (including phenoxy) is 1. The Bertz CT molecular complexity index is 607. The van der Waals surface area contributed by atoms with Gasteiger partial charge in [-0.3, -0.25) is 4.79 Å². The van der Waals surface area contributed by atoms with Crippen LogP contribution in [0, 0.1) is 0 Å². The first-order valence-electron chi connectivity index (χ1n) is 9.86. The first kappa shape index (κ1) is 19.8. The number of nitrogens with zero attached hydrogens (tertiary/aromatic N) is 1. The maximum atomic E-state index is 11.5. The molecule has 3 rings (SSSR count). The van der Waals surface area contributed by atoms with Gasteiger partial charge in [-0.1, -0.05) is 39.5 Å². The summed E-state index contributed by atoms with van der Waals surface area (Å²) in [6, 6.07) is 6.31. The van der Waals surface area contributed by atoms with Gasteiger partial charge in [0, 0.05) is 18.5 Å². The van der Waals surface area contributed by atoms with Gasteiger partial charge in [0.1, 0.15) is 5.58 Å². The summed E-state index contributed by atoms with van der Waals surface area (Å²) in [5.74, 6) is 0.387. The molecule has 0 aliphatic carbocycles. The fourth-order valence-corrected chi connectivity index (χ4v) is 3.37. The lowest BCUT2D eigenvalue weighted by atomic mass is 10.0. The average molecular weight is 347 g/mol. The van der Waals surface area contributed by atoms with Gasteiger partial charge >= 0.3 is 5.97 Å². The van der Waals surface area contributed by atoms with Gasteiger partial charge in [0.15, 0.2) is 11.3 Å². The number of carbonyl (C=O) groups is 1. The molecule has 1 unspecified atom stereocenters. The minimum absolute atomic E-state index is 0.167. The van der Waals surface area contributed by atoms with E-state index in [9.17, 15) is 4.79 Å². The number of hydrogen-bond donors (Lipinski definition) is 0. The molecule has 1 aliphatic heterocycles. The maximum absolute atomic E-state index is 11.5. The molecule has 4 nitrogen and oxygen atoms in total. The van der Waals surface area contributed by atoms with E-state index in [0.717, 1.165) is 24.5 Å². The van der Waals surface area contributed by atoms with Crippen molar-refractivity contribution in [1.82, 2.24) is 4.90 Å². The van der Waals surface area contributed by atoms with Crippen molar-refractivity contribution in [3.63, 3.8) is 0 Å². The van der Waals surface area contributed by atoms with Crippen LogP contribution < -0.4 is 4.74 Å². The van der Waals surface area contributed by atoms with Crippen LogP contribution in [0.15, 0.2) is 22.6 Å². The highest BCUT2D eigenvalue weighted by molar-refractivity contribution is 5.78. The minimum atomic E-state index is -0.167. The Balaban J connectivity index is 0.000000212. The maximum Gasteiger partial charge on any atom is 0.311 e. The van der Waals surface area contributed by atoms with E-state index in [1.807, 2.05) is 12.1 Å². The molecular formula is C21H33NO3.